The van der Waals surface area contributed by atoms with Crippen molar-refractivity contribution in [1.82, 2.24) is 34.9 Å². The molecule has 0 amide bonds. The second-order valence-electron chi connectivity index (χ2n) is 10.5. The maximum absolute atomic E-state index is 5.01. The molecule has 0 bridgehead atoms. The Bertz CT molecular complexity index is 2000. The lowest BCUT2D eigenvalue weighted by Crippen LogP contribution is -1.90. The number of pyridine rings is 1. The highest BCUT2D eigenvalue weighted by atomic mass is 14.9. The smallest absolute Gasteiger partial charge is 0.116 e. The summed E-state index contributed by atoms with van der Waals surface area (Å²) in [5.41, 5.74) is 7.84. The third kappa shape index (κ3) is 3.54. The zero-order valence-electron chi connectivity index (χ0n) is 21.7. The molecule has 0 radical (unpaired) electrons. The number of benzene rings is 3. The molecule has 0 saturated carbocycles. The van der Waals surface area contributed by atoms with Crippen molar-refractivity contribution in [3.05, 3.63) is 78.9 Å². The summed E-state index contributed by atoms with van der Waals surface area (Å²) in [7, 11) is 0. The number of aromatic nitrogens is 7. The van der Waals surface area contributed by atoms with E-state index in [-0.39, 0.29) is 0 Å². The van der Waals surface area contributed by atoms with Crippen LogP contribution < -0.4 is 0 Å². The van der Waals surface area contributed by atoms with E-state index in [0.717, 1.165) is 77.8 Å². The molecule has 3 aromatic carbocycles. The molecule has 2 N–H and O–H groups in total. The number of nitrogens with zero attached hydrogens (tertiary/aromatic N) is 5. The zero-order chi connectivity index (χ0) is 26.0. The van der Waals surface area contributed by atoms with E-state index in [1.54, 1.807) is 6.33 Å². The highest BCUT2D eigenvalue weighted by molar-refractivity contribution is 6.22. The van der Waals surface area contributed by atoms with E-state index in [1.165, 1.54) is 0 Å². The summed E-state index contributed by atoms with van der Waals surface area (Å²) in [5, 5.41) is 4.25. The predicted molar refractivity (Wildman–Crippen MR) is 153 cm³/mol. The van der Waals surface area contributed by atoms with E-state index in [2.05, 4.69) is 101 Å². The van der Waals surface area contributed by atoms with Crippen LogP contribution in [-0.4, -0.2) is 34.9 Å². The van der Waals surface area contributed by atoms with E-state index < -0.39 is 0 Å². The van der Waals surface area contributed by atoms with Crippen LogP contribution in [0.3, 0.4) is 0 Å². The summed E-state index contributed by atoms with van der Waals surface area (Å²) >= 11 is 0. The van der Waals surface area contributed by atoms with E-state index in [0.29, 0.717) is 11.8 Å². The van der Waals surface area contributed by atoms with Gasteiger partial charge in [-0.05, 0) is 29.7 Å². The minimum absolute atomic E-state index is 0.293. The Morgan fingerprint density at radius 1 is 0.658 bits per heavy atom. The van der Waals surface area contributed by atoms with Crippen LogP contribution in [0.2, 0.25) is 0 Å². The number of hydrogen-bond donors (Lipinski definition) is 2. The van der Waals surface area contributed by atoms with Crippen LogP contribution in [0.25, 0.3) is 66.1 Å². The van der Waals surface area contributed by atoms with Crippen molar-refractivity contribution < 1.29 is 0 Å². The Balaban J connectivity index is 1.35. The SMILES string of the molecule is CC(C)c1ncc(-c2ccc3nc(-c4ccc5c(c4)c4cncnc4c4[nH]c(C(C)C)nc54)ccc3c2)[nH]1. The lowest BCUT2D eigenvalue weighted by atomic mass is 9.99. The van der Waals surface area contributed by atoms with Crippen molar-refractivity contribution >= 4 is 43.6 Å². The molecular weight excluding hydrogens is 470 g/mol. The van der Waals surface area contributed by atoms with Gasteiger partial charge in [0, 0.05) is 45.3 Å². The molecule has 4 heterocycles. The number of imidazole rings is 2. The molecule has 4 aromatic heterocycles. The van der Waals surface area contributed by atoms with Crippen molar-refractivity contribution in [3.63, 3.8) is 0 Å². The van der Waals surface area contributed by atoms with Crippen molar-refractivity contribution in [1.29, 1.82) is 0 Å². The topological polar surface area (TPSA) is 96.0 Å². The summed E-state index contributed by atoms with van der Waals surface area (Å²) in [6.07, 6.45) is 5.39. The van der Waals surface area contributed by atoms with Crippen LogP contribution in [0.1, 0.15) is 51.2 Å². The van der Waals surface area contributed by atoms with Gasteiger partial charge in [-0.15, -0.1) is 0 Å². The fourth-order valence-corrected chi connectivity index (χ4v) is 5.12. The fourth-order valence-electron chi connectivity index (χ4n) is 5.12. The van der Waals surface area contributed by atoms with Gasteiger partial charge in [0.15, 0.2) is 0 Å². The Morgan fingerprint density at radius 2 is 1.50 bits per heavy atom. The van der Waals surface area contributed by atoms with Crippen molar-refractivity contribution in [2.45, 2.75) is 39.5 Å². The Morgan fingerprint density at radius 3 is 2.32 bits per heavy atom. The third-order valence-corrected chi connectivity index (χ3v) is 7.22. The van der Waals surface area contributed by atoms with Gasteiger partial charge in [0.25, 0.3) is 0 Å². The molecule has 7 heteroatoms. The van der Waals surface area contributed by atoms with Gasteiger partial charge in [0.2, 0.25) is 0 Å². The van der Waals surface area contributed by atoms with E-state index in [4.69, 9.17) is 9.97 Å². The minimum atomic E-state index is 0.293. The average molecular weight is 498 g/mol. The first-order valence-electron chi connectivity index (χ1n) is 13.0. The molecule has 38 heavy (non-hydrogen) atoms. The first kappa shape index (κ1) is 22.5. The van der Waals surface area contributed by atoms with Crippen LogP contribution in [0.15, 0.2) is 67.3 Å². The molecule has 7 nitrogen and oxygen atoms in total. The fraction of sp³-hybridized carbons (Fsp3) is 0.194. The molecule has 0 unspecified atom stereocenters. The summed E-state index contributed by atoms with van der Waals surface area (Å²) < 4.78 is 0. The highest BCUT2D eigenvalue weighted by Gasteiger charge is 2.16. The standard InChI is InChI=1S/C31H27N7/c1-16(2)30-33-14-26(36-30)19-7-10-24-18(11-19)6-9-25(35-24)20-5-8-21-22(12-20)23-13-32-15-34-27(23)29-28(21)37-31(38-29)17(3)4/h5-17H,1-4H3,(H,33,36)(H,37,38). The third-order valence-electron chi connectivity index (χ3n) is 7.22. The summed E-state index contributed by atoms with van der Waals surface area (Å²) in [5.74, 6) is 2.61. The molecule has 7 rings (SSSR count). The van der Waals surface area contributed by atoms with Crippen LogP contribution in [0.4, 0.5) is 0 Å². The monoisotopic (exact) mass is 497 g/mol. The molecule has 7 aromatic rings. The quantitative estimate of drug-likeness (QED) is 0.245. The normalized spacial score (nSPS) is 12.2. The highest BCUT2D eigenvalue weighted by Crippen LogP contribution is 2.36. The minimum Gasteiger partial charge on any atom is -0.342 e. The second kappa shape index (κ2) is 8.45. The van der Waals surface area contributed by atoms with Crippen molar-refractivity contribution in [3.8, 4) is 22.5 Å². The van der Waals surface area contributed by atoms with Gasteiger partial charge < -0.3 is 9.97 Å². The predicted octanol–water partition coefficient (Wildman–Crippen LogP) is 7.51. The molecule has 0 aliphatic carbocycles. The summed E-state index contributed by atoms with van der Waals surface area (Å²) in [6.45, 7) is 8.55. The van der Waals surface area contributed by atoms with Crippen LogP contribution >= 0.6 is 0 Å². The Labute approximate surface area is 219 Å². The van der Waals surface area contributed by atoms with Crippen LogP contribution in [0.5, 0.6) is 0 Å². The van der Waals surface area contributed by atoms with E-state index >= 15 is 0 Å². The molecular formula is C31H27N7. The lowest BCUT2D eigenvalue weighted by Gasteiger charge is -2.09. The van der Waals surface area contributed by atoms with Gasteiger partial charge in [0.05, 0.1) is 39.7 Å². The number of aromatic amines is 2. The van der Waals surface area contributed by atoms with Crippen LogP contribution in [0, 0.1) is 0 Å². The number of rotatable bonds is 4. The second-order valence-corrected chi connectivity index (χ2v) is 10.5. The van der Waals surface area contributed by atoms with E-state index in [1.807, 2.05) is 12.4 Å². The molecule has 0 spiro atoms. The molecule has 0 aliphatic rings. The first-order valence-corrected chi connectivity index (χ1v) is 13.0. The van der Waals surface area contributed by atoms with Gasteiger partial charge in [-0.25, -0.2) is 24.9 Å². The Hall–Kier alpha value is -4.65. The zero-order valence-corrected chi connectivity index (χ0v) is 21.7. The largest absolute Gasteiger partial charge is 0.342 e. The van der Waals surface area contributed by atoms with Gasteiger partial charge in [0.1, 0.15) is 18.0 Å². The average Bonchev–Trinajstić information content (AvgIpc) is 3.61. The Kier molecular flexibility index (Phi) is 5.01. The molecule has 186 valence electrons. The number of fused-ring (bicyclic) bond motifs is 7. The summed E-state index contributed by atoms with van der Waals surface area (Å²) in [6, 6.07) is 17.0. The molecule has 0 atom stereocenters. The maximum Gasteiger partial charge on any atom is 0.116 e. The summed E-state index contributed by atoms with van der Waals surface area (Å²) in [4.78, 5) is 30.3. The van der Waals surface area contributed by atoms with Gasteiger partial charge in [-0.3, -0.25) is 0 Å². The molecule has 0 saturated heterocycles. The first-order chi connectivity index (χ1) is 18.5. The van der Waals surface area contributed by atoms with Crippen molar-refractivity contribution in [2.24, 2.45) is 0 Å². The van der Waals surface area contributed by atoms with E-state index in [9.17, 15) is 0 Å². The van der Waals surface area contributed by atoms with Gasteiger partial charge in [-0.1, -0.05) is 52.0 Å². The van der Waals surface area contributed by atoms with Crippen molar-refractivity contribution in [2.75, 3.05) is 0 Å². The number of H-pyrrole nitrogens is 2. The molecule has 0 fully saturated rings. The van der Waals surface area contributed by atoms with Gasteiger partial charge >= 0.3 is 0 Å². The molecule has 0 aliphatic heterocycles. The number of nitrogens with one attached hydrogen (secondary N) is 2. The van der Waals surface area contributed by atoms with Crippen LogP contribution in [-0.2, 0) is 0 Å². The number of hydrogen-bond acceptors (Lipinski definition) is 5. The maximum atomic E-state index is 5.01. The lowest BCUT2D eigenvalue weighted by molar-refractivity contribution is 0.795. The van der Waals surface area contributed by atoms with Gasteiger partial charge in [-0.2, -0.15) is 0 Å².